The summed E-state index contributed by atoms with van der Waals surface area (Å²) in [5.41, 5.74) is -2.65. The molecule has 0 bridgehead atoms. The number of carbonyl (C=O) groups is 2. The van der Waals surface area contributed by atoms with Crippen LogP contribution in [0.25, 0.3) is 0 Å². The molecular weight excluding hydrogens is 817 g/mol. The fraction of sp³-hybridized carbons (Fsp3) is 0.300. The zero-order valence-electron chi connectivity index (χ0n) is 24.7. The van der Waals surface area contributed by atoms with Crippen molar-refractivity contribution in [1.29, 1.82) is 0 Å². The van der Waals surface area contributed by atoms with Gasteiger partial charge in [0.1, 0.15) is 19.6 Å². The van der Waals surface area contributed by atoms with Crippen molar-refractivity contribution in [3.8, 4) is 0 Å². The van der Waals surface area contributed by atoms with Crippen LogP contribution < -0.4 is 0 Å². The maximum Gasteiger partial charge on any atom is 0.297 e. The smallest absolute Gasteiger partial charge is 0.281 e. The van der Waals surface area contributed by atoms with E-state index in [-0.39, 0.29) is 21.6 Å². The molecule has 2 aromatic carbocycles. The SMILES string of the molecule is COS(=O)(=O)c1cc(S(=O)(=O)OC)c(C(=O)SSC(=O)c2c(S(=O)(=O)OC)cc(S(=O)(=O)OC)cc2S(=O)(=O)OC)c(S(=O)(=O)OC)c1. The van der Waals surface area contributed by atoms with Crippen LogP contribution in [0.4, 0.5) is 0 Å². The third-order valence-corrected chi connectivity index (χ3v) is 15.3. The largest absolute Gasteiger partial charge is 0.297 e. The van der Waals surface area contributed by atoms with Crippen LogP contribution in [0.2, 0.25) is 0 Å². The Bertz CT molecular complexity index is 2030. The molecule has 0 atom stereocenters. The molecule has 0 heterocycles. The van der Waals surface area contributed by atoms with Crippen molar-refractivity contribution in [3.63, 3.8) is 0 Å². The molecule has 48 heavy (non-hydrogen) atoms. The van der Waals surface area contributed by atoms with Gasteiger partial charge >= 0.3 is 0 Å². The molecule has 0 unspecified atom stereocenters. The first-order valence-electron chi connectivity index (χ1n) is 11.5. The molecular formula is C20H22O20S8. The van der Waals surface area contributed by atoms with Gasteiger partial charge in [0.2, 0.25) is 10.2 Å². The minimum absolute atomic E-state index is 0.300. The summed E-state index contributed by atoms with van der Waals surface area (Å²) < 4.78 is 178. The third-order valence-electron chi connectivity index (χ3n) is 5.65. The van der Waals surface area contributed by atoms with E-state index in [9.17, 15) is 60.1 Å². The number of hydrogen-bond donors (Lipinski definition) is 0. The maximum atomic E-state index is 13.5. The molecule has 0 amide bonds. The molecule has 2 rings (SSSR count). The van der Waals surface area contributed by atoms with E-state index in [4.69, 9.17) is 0 Å². The second-order valence-electron chi connectivity index (χ2n) is 8.06. The topological polar surface area (TPSA) is 294 Å². The highest BCUT2D eigenvalue weighted by Crippen LogP contribution is 2.40. The fourth-order valence-corrected chi connectivity index (χ4v) is 10.8. The van der Waals surface area contributed by atoms with E-state index < -0.39 is 111 Å². The summed E-state index contributed by atoms with van der Waals surface area (Å²) in [6.07, 6.45) is 0. The van der Waals surface area contributed by atoms with Crippen molar-refractivity contribution in [3.05, 3.63) is 35.4 Å². The second kappa shape index (κ2) is 15.0. The van der Waals surface area contributed by atoms with E-state index in [1.807, 2.05) is 0 Å². The van der Waals surface area contributed by atoms with Crippen molar-refractivity contribution in [2.24, 2.45) is 0 Å². The summed E-state index contributed by atoms with van der Waals surface area (Å²) in [7, 11) is -27.4. The monoisotopic (exact) mass is 838 g/mol. The Morgan fingerprint density at radius 1 is 0.396 bits per heavy atom. The summed E-state index contributed by atoms with van der Waals surface area (Å²) >= 11 is 0. The van der Waals surface area contributed by atoms with Crippen molar-refractivity contribution < 1.29 is 85.2 Å². The highest BCUT2D eigenvalue weighted by atomic mass is 33.1. The van der Waals surface area contributed by atoms with Gasteiger partial charge < -0.3 is 0 Å². The summed E-state index contributed by atoms with van der Waals surface area (Å²) in [4.78, 5) is 19.2. The minimum Gasteiger partial charge on any atom is -0.281 e. The van der Waals surface area contributed by atoms with Gasteiger partial charge in [-0.2, -0.15) is 50.5 Å². The van der Waals surface area contributed by atoms with Gasteiger partial charge in [-0.05, 0) is 45.9 Å². The molecule has 0 fully saturated rings. The van der Waals surface area contributed by atoms with Crippen LogP contribution in [0.1, 0.15) is 20.7 Å². The number of carbonyl (C=O) groups excluding carboxylic acids is 2. The van der Waals surface area contributed by atoms with Crippen LogP contribution in [0.3, 0.4) is 0 Å². The average Bonchev–Trinajstić information content (AvgIpc) is 3.05. The van der Waals surface area contributed by atoms with Crippen molar-refractivity contribution in [2.45, 2.75) is 29.4 Å². The first kappa shape index (κ1) is 42.1. The van der Waals surface area contributed by atoms with Crippen LogP contribution in [0.15, 0.2) is 53.6 Å². The van der Waals surface area contributed by atoms with Crippen LogP contribution in [0.5, 0.6) is 0 Å². The molecule has 0 N–H and O–H groups in total. The van der Waals surface area contributed by atoms with E-state index in [1.165, 1.54) is 0 Å². The zero-order valence-corrected chi connectivity index (χ0v) is 31.3. The number of rotatable bonds is 14. The van der Waals surface area contributed by atoms with Crippen LogP contribution in [0, 0.1) is 0 Å². The Hall–Kier alpha value is -2.06. The Morgan fingerprint density at radius 2 is 0.583 bits per heavy atom. The Balaban J connectivity index is 2.96. The highest BCUT2D eigenvalue weighted by molar-refractivity contribution is 8.87. The maximum absolute atomic E-state index is 13.5. The fourth-order valence-electron chi connectivity index (χ4n) is 3.32. The third kappa shape index (κ3) is 8.62. The van der Waals surface area contributed by atoms with Gasteiger partial charge in [-0.25, -0.2) is 0 Å². The molecule has 2 aromatic rings. The predicted octanol–water partition coefficient (Wildman–Crippen LogP) is 0.0592. The first-order chi connectivity index (χ1) is 21.8. The second-order valence-corrected chi connectivity index (χ2v) is 20.3. The van der Waals surface area contributed by atoms with Crippen molar-refractivity contribution >= 4 is 92.5 Å². The Morgan fingerprint density at radius 3 is 0.750 bits per heavy atom. The molecule has 0 aliphatic heterocycles. The summed E-state index contributed by atoms with van der Waals surface area (Å²) in [5.74, 6) is 0. The molecule has 0 spiro atoms. The lowest BCUT2D eigenvalue weighted by atomic mass is 10.2. The van der Waals surface area contributed by atoms with Crippen molar-refractivity contribution in [1.82, 2.24) is 0 Å². The molecule has 0 saturated carbocycles. The molecule has 0 saturated heterocycles. The van der Waals surface area contributed by atoms with Gasteiger partial charge in [-0.1, -0.05) is 0 Å². The van der Waals surface area contributed by atoms with E-state index in [1.54, 1.807) is 0 Å². The molecule has 20 nitrogen and oxygen atoms in total. The molecule has 0 aromatic heterocycles. The van der Waals surface area contributed by atoms with Gasteiger partial charge in [-0.15, -0.1) is 0 Å². The van der Waals surface area contributed by atoms with Gasteiger partial charge in [0.15, 0.2) is 0 Å². The molecule has 0 aliphatic carbocycles. The lowest BCUT2D eigenvalue weighted by Crippen LogP contribution is -2.18. The highest BCUT2D eigenvalue weighted by Gasteiger charge is 2.38. The van der Waals surface area contributed by atoms with Gasteiger partial charge in [0, 0.05) is 0 Å². The van der Waals surface area contributed by atoms with E-state index in [0.717, 1.165) is 0 Å². The van der Waals surface area contributed by atoms with Gasteiger partial charge in [0.25, 0.3) is 60.7 Å². The van der Waals surface area contributed by atoms with Crippen LogP contribution in [-0.2, 0) is 85.8 Å². The van der Waals surface area contributed by atoms with E-state index >= 15 is 0 Å². The van der Waals surface area contributed by atoms with E-state index in [0.29, 0.717) is 66.9 Å². The molecule has 0 radical (unpaired) electrons. The Labute approximate surface area is 283 Å². The Kier molecular flexibility index (Phi) is 13.2. The summed E-state index contributed by atoms with van der Waals surface area (Å²) in [5, 5.41) is -3.29. The quantitative estimate of drug-likeness (QED) is 0.179. The summed E-state index contributed by atoms with van der Waals surface area (Å²) in [6.45, 7) is 0. The average molecular weight is 839 g/mol. The number of benzene rings is 2. The standard InChI is InChI=1S/C20H22O20S8/c1-35-43(23,24)11-7-13(45(27,28)37-3)17(14(8-11)46(29,30)38-4)19(21)41-42-20(22)18-15(47(31,32)39-5)9-12(44(25,26)36-2)10-16(18)48(33,34)40-6/h7-10H,1-6H3. The van der Waals surface area contributed by atoms with Gasteiger partial charge in [-0.3, -0.25) is 34.7 Å². The lowest BCUT2D eigenvalue weighted by Gasteiger charge is -2.16. The molecule has 270 valence electrons. The lowest BCUT2D eigenvalue weighted by molar-refractivity contribution is 0.107. The first-order valence-corrected chi connectivity index (χ1v) is 22.1. The predicted molar refractivity (Wildman–Crippen MR) is 162 cm³/mol. The zero-order chi connectivity index (χ0) is 37.3. The molecule has 0 aliphatic rings. The normalized spacial score (nSPS) is 13.4. The van der Waals surface area contributed by atoms with Crippen LogP contribution in [-0.4, -0.2) is 103 Å². The number of hydrogen-bond acceptors (Lipinski definition) is 22. The minimum atomic E-state index is -5.16. The molecule has 28 heteroatoms. The van der Waals surface area contributed by atoms with Crippen molar-refractivity contribution in [2.75, 3.05) is 42.7 Å². The van der Waals surface area contributed by atoms with Crippen LogP contribution >= 0.6 is 21.6 Å². The van der Waals surface area contributed by atoms with Gasteiger partial charge in [0.05, 0.1) is 63.6 Å². The van der Waals surface area contributed by atoms with E-state index in [2.05, 4.69) is 25.1 Å². The summed E-state index contributed by atoms with van der Waals surface area (Å²) in [6, 6.07) is 1.20.